The number of ether oxygens (including phenoxy) is 2. The SMILES string of the molecule is CCOC(=O)COC(=O)c1cnn(-c2ccccc2)n1. The lowest BCUT2D eigenvalue weighted by Gasteiger charge is -2.02. The van der Waals surface area contributed by atoms with Gasteiger partial charge < -0.3 is 9.47 Å². The third-order valence-electron chi connectivity index (χ3n) is 2.31. The molecule has 0 aliphatic heterocycles. The van der Waals surface area contributed by atoms with Crippen LogP contribution in [0.3, 0.4) is 0 Å². The molecule has 104 valence electrons. The molecule has 0 spiro atoms. The van der Waals surface area contributed by atoms with Crippen LogP contribution in [0.25, 0.3) is 5.69 Å². The van der Waals surface area contributed by atoms with Crippen molar-refractivity contribution in [2.24, 2.45) is 0 Å². The largest absolute Gasteiger partial charge is 0.463 e. The van der Waals surface area contributed by atoms with Gasteiger partial charge in [0.05, 0.1) is 18.5 Å². The van der Waals surface area contributed by atoms with Crippen LogP contribution >= 0.6 is 0 Å². The Balaban J connectivity index is 1.98. The standard InChI is InChI=1S/C13H13N3O4/c1-2-19-12(17)9-20-13(18)11-8-14-16(15-11)10-6-4-3-5-7-10/h3-8H,2,9H2,1H3. The summed E-state index contributed by atoms with van der Waals surface area (Å²) >= 11 is 0. The van der Waals surface area contributed by atoms with Gasteiger partial charge in [-0.15, -0.1) is 5.10 Å². The molecule has 0 radical (unpaired) electrons. The molecule has 2 aromatic rings. The van der Waals surface area contributed by atoms with Crippen molar-refractivity contribution in [2.45, 2.75) is 6.92 Å². The molecule has 0 amide bonds. The molecule has 2 rings (SSSR count). The predicted molar refractivity (Wildman–Crippen MR) is 68.3 cm³/mol. The summed E-state index contributed by atoms with van der Waals surface area (Å²) in [4.78, 5) is 24.0. The zero-order valence-electron chi connectivity index (χ0n) is 10.9. The van der Waals surface area contributed by atoms with Gasteiger partial charge in [0.2, 0.25) is 0 Å². The first-order chi connectivity index (χ1) is 9.70. The highest BCUT2D eigenvalue weighted by Gasteiger charge is 2.15. The number of hydrogen-bond donors (Lipinski definition) is 0. The van der Waals surface area contributed by atoms with Crippen molar-refractivity contribution >= 4 is 11.9 Å². The van der Waals surface area contributed by atoms with E-state index in [0.717, 1.165) is 5.69 Å². The molecule has 0 aliphatic rings. The number of para-hydroxylation sites is 1. The van der Waals surface area contributed by atoms with Crippen LogP contribution in [0, 0.1) is 0 Å². The molecule has 1 aromatic heterocycles. The second-order valence-corrected chi connectivity index (χ2v) is 3.74. The Morgan fingerprint density at radius 1 is 1.20 bits per heavy atom. The average molecular weight is 275 g/mol. The van der Waals surface area contributed by atoms with E-state index in [1.807, 2.05) is 18.2 Å². The van der Waals surface area contributed by atoms with Crippen LogP contribution < -0.4 is 0 Å². The molecule has 0 unspecified atom stereocenters. The molecule has 20 heavy (non-hydrogen) atoms. The average Bonchev–Trinajstić information content (AvgIpc) is 2.96. The van der Waals surface area contributed by atoms with Crippen LogP contribution in [-0.2, 0) is 14.3 Å². The molecule has 0 N–H and O–H groups in total. The summed E-state index contributed by atoms with van der Waals surface area (Å²) < 4.78 is 9.41. The third-order valence-corrected chi connectivity index (χ3v) is 2.31. The first-order valence-corrected chi connectivity index (χ1v) is 6.01. The Kier molecular flexibility index (Phi) is 4.43. The van der Waals surface area contributed by atoms with E-state index in [2.05, 4.69) is 14.9 Å². The van der Waals surface area contributed by atoms with E-state index in [0.29, 0.717) is 0 Å². The van der Waals surface area contributed by atoms with Gasteiger partial charge in [0.1, 0.15) is 0 Å². The number of esters is 2. The lowest BCUT2D eigenvalue weighted by atomic mass is 10.3. The number of aromatic nitrogens is 3. The van der Waals surface area contributed by atoms with Gasteiger partial charge in [0.15, 0.2) is 12.3 Å². The summed E-state index contributed by atoms with van der Waals surface area (Å²) in [5, 5.41) is 7.94. The maximum atomic E-state index is 11.7. The number of nitrogens with zero attached hydrogens (tertiary/aromatic N) is 3. The Bertz CT molecular complexity index is 595. The van der Waals surface area contributed by atoms with Crippen molar-refractivity contribution in [3.8, 4) is 5.69 Å². The monoisotopic (exact) mass is 275 g/mol. The van der Waals surface area contributed by atoms with Crippen molar-refractivity contribution in [3.63, 3.8) is 0 Å². The van der Waals surface area contributed by atoms with Crippen LogP contribution in [0.15, 0.2) is 36.5 Å². The van der Waals surface area contributed by atoms with E-state index >= 15 is 0 Å². The van der Waals surface area contributed by atoms with Gasteiger partial charge in [0.25, 0.3) is 0 Å². The Morgan fingerprint density at radius 3 is 2.65 bits per heavy atom. The van der Waals surface area contributed by atoms with E-state index in [-0.39, 0.29) is 12.3 Å². The summed E-state index contributed by atoms with van der Waals surface area (Å²) in [5.74, 6) is -1.32. The lowest BCUT2D eigenvalue weighted by molar-refractivity contribution is -0.146. The summed E-state index contributed by atoms with van der Waals surface area (Å²) in [6, 6.07) is 9.12. The van der Waals surface area contributed by atoms with Crippen molar-refractivity contribution in [1.29, 1.82) is 0 Å². The van der Waals surface area contributed by atoms with Gasteiger partial charge in [-0.05, 0) is 19.1 Å². The summed E-state index contributed by atoms with van der Waals surface area (Å²) in [5.41, 5.74) is 0.745. The van der Waals surface area contributed by atoms with Gasteiger partial charge in [-0.2, -0.15) is 9.90 Å². The number of carbonyl (C=O) groups excluding carboxylic acids is 2. The molecular formula is C13H13N3O4. The quantitative estimate of drug-likeness (QED) is 0.757. The fourth-order valence-corrected chi connectivity index (χ4v) is 1.44. The Labute approximate surface area is 115 Å². The molecule has 7 heteroatoms. The van der Waals surface area contributed by atoms with E-state index in [1.165, 1.54) is 11.0 Å². The minimum atomic E-state index is -0.722. The maximum Gasteiger partial charge on any atom is 0.361 e. The molecule has 1 aromatic carbocycles. The van der Waals surface area contributed by atoms with Crippen LogP contribution in [0.5, 0.6) is 0 Å². The molecule has 7 nitrogen and oxygen atoms in total. The van der Waals surface area contributed by atoms with E-state index in [4.69, 9.17) is 4.74 Å². The van der Waals surface area contributed by atoms with Crippen LogP contribution in [0.2, 0.25) is 0 Å². The van der Waals surface area contributed by atoms with Gasteiger partial charge in [-0.1, -0.05) is 18.2 Å². The molecule has 0 aliphatic carbocycles. The van der Waals surface area contributed by atoms with Gasteiger partial charge in [-0.3, -0.25) is 0 Å². The highest BCUT2D eigenvalue weighted by molar-refractivity contribution is 5.88. The molecule has 1 heterocycles. The molecule has 0 fully saturated rings. The minimum absolute atomic E-state index is 0.0261. The van der Waals surface area contributed by atoms with Crippen molar-refractivity contribution in [3.05, 3.63) is 42.2 Å². The first kappa shape index (κ1) is 13.7. The van der Waals surface area contributed by atoms with Crippen LogP contribution in [0.1, 0.15) is 17.4 Å². The van der Waals surface area contributed by atoms with Gasteiger partial charge >= 0.3 is 11.9 Å². The van der Waals surface area contributed by atoms with Crippen molar-refractivity contribution < 1.29 is 19.1 Å². The predicted octanol–water partition coefficient (Wildman–Crippen LogP) is 0.987. The van der Waals surface area contributed by atoms with Crippen LogP contribution in [-0.4, -0.2) is 40.1 Å². The lowest BCUT2D eigenvalue weighted by Crippen LogP contribution is -2.17. The molecular weight excluding hydrogens is 262 g/mol. The topological polar surface area (TPSA) is 83.3 Å². The van der Waals surface area contributed by atoms with E-state index in [9.17, 15) is 9.59 Å². The van der Waals surface area contributed by atoms with Crippen molar-refractivity contribution in [1.82, 2.24) is 15.0 Å². The molecule has 0 atom stereocenters. The zero-order chi connectivity index (χ0) is 14.4. The normalized spacial score (nSPS) is 10.1. The molecule has 0 saturated heterocycles. The van der Waals surface area contributed by atoms with E-state index in [1.54, 1.807) is 19.1 Å². The zero-order valence-corrected chi connectivity index (χ0v) is 10.9. The van der Waals surface area contributed by atoms with Crippen LogP contribution in [0.4, 0.5) is 0 Å². The smallest absolute Gasteiger partial charge is 0.361 e. The fraction of sp³-hybridized carbons (Fsp3) is 0.231. The third kappa shape index (κ3) is 3.41. The van der Waals surface area contributed by atoms with E-state index < -0.39 is 18.5 Å². The second kappa shape index (κ2) is 6.46. The summed E-state index contributed by atoms with van der Waals surface area (Å²) in [7, 11) is 0. The fourth-order valence-electron chi connectivity index (χ4n) is 1.44. The summed E-state index contributed by atoms with van der Waals surface area (Å²) in [6.45, 7) is 1.47. The number of rotatable bonds is 5. The number of carbonyl (C=O) groups is 2. The maximum absolute atomic E-state index is 11.7. The van der Waals surface area contributed by atoms with Gasteiger partial charge in [0, 0.05) is 0 Å². The Hall–Kier alpha value is -2.70. The van der Waals surface area contributed by atoms with Crippen molar-refractivity contribution in [2.75, 3.05) is 13.2 Å². The van der Waals surface area contributed by atoms with Gasteiger partial charge in [-0.25, -0.2) is 9.59 Å². The number of hydrogen-bond acceptors (Lipinski definition) is 6. The first-order valence-electron chi connectivity index (χ1n) is 6.01. The summed E-state index contributed by atoms with van der Waals surface area (Å²) in [6.07, 6.45) is 1.28. The second-order valence-electron chi connectivity index (χ2n) is 3.74. The Morgan fingerprint density at radius 2 is 1.95 bits per heavy atom. The number of benzene rings is 1. The minimum Gasteiger partial charge on any atom is -0.463 e. The molecule has 0 bridgehead atoms. The molecule has 0 saturated carbocycles. The highest BCUT2D eigenvalue weighted by Crippen LogP contribution is 2.05. The highest BCUT2D eigenvalue weighted by atomic mass is 16.6.